The predicted molar refractivity (Wildman–Crippen MR) is 93.2 cm³/mol. The number of carbonyl (C=O) groups excluding carboxylic acids is 1. The molecular formula is C18H27ClN2O2. The minimum Gasteiger partial charge on any atom is -0.385 e. The number of amides is 1. The SMILES string of the molecule is CC(CCC[C@@](O)(c1cccc(Cl)c1)[C@@H]1CCCNC1)C(N)=O. The van der Waals surface area contributed by atoms with Crippen molar-refractivity contribution in [1.82, 2.24) is 5.32 Å². The van der Waals surface area contributed by atoms with Crippen molar-refractivity contribution < 1.29 is 9.90 Å². The van der Waals surface area contributed by atoms with Crippen molar-refractivity contribution in [3.05, 3.63) is 34.9 Å². The Morgan fingerprint density at radius 2 is 2.35 bits per heavy atom. The van der Waals surface area contributed by atoms with Gasteiger partial charge in [-0.3, -0.25) is 4.79 Å². The van der Waals surface area contributed by atoms with Gasteiger partial charge in [0.15, 0.2) is 0 Å². The van der Waals surface area contributed by atoms with E-state index in [1.54, 1.807) is 0 Å². The van der Waals surface area contributed by atoms with E-state index < -0.39 is 5.60 Å². The lowest BCUT2D eigenvalue weighted by Crippen LogP contribution is -2.44. The topological polar surface area (TPSA) is 75.3 Å². The molecule has 0 bridgehead atoms. The van der Waals surface area contributed by atoms with Crippen LogP contribution in [0.15, 0.2) is 24.3 Å². The van der Waals surface area contributed by atoms with E-state index in [-0.39, 0.29) is 17.7 Å². The van der Waals surface area contributed by atoms with Crippen molar-refractivity contribution in [2.45, 2.75) is 44.6 Å². The van der Waals surface area contributed by atoms with Gasteiger partial charge in [-0.1, -0.05) is 30.7 Å². The molecule has 0 spiro atoms. The summed E-state index contributed by atoms with van der Waals surface area (Å²) in [5.74, 6) is -0.294. The van der Waals surface area contributed by atoms with Gasteiger partial charge in [-0.25, -0.2) is 0 Å². The molecule has 1 aliphatic rings. The standard InChI is InChI=1S/C18H27ClN2O2/c1-13(17(20)22)5-3-9-18(23,15-7-4-10-21-12-15)14-6-2-8-16(19)11-14/h2,6,8,11,13,15,21,23H,3-5,7,9-10,12H2,1H3,(H2,20,22)/t13?,15-,18-/m1/s1. The van der Waals surface area contributed by atoms with Gasteiger partial charge in [0.1, 0.15) is 0 Å². The molecule has 23 heavy (non-hydrogen) atoms. The molecular weight excluding hydrogens is 312 g/mol. The third-order valence-electron chi connectivity index (χ3n) is 4.98. The predicted octanol–water partition coefficient (Wildman–Crippen LogP) is 2.82. The smallest absolute Gasteiger partial charge is 0.220 e. The zero-order valence-corrected chi connectivity index (χ0v) is 14.5. The summed E-state index contributed by atoms with van der Waals surface area (Å²) in [4.78, 5) is 11.2. The van der Waals surface area contributed by atoms with Crippen LogP contribution in [0.3, 0.4) is 0 Å². The molecule has 1 amide bonds. The van der Waals surface area contributed by atoms with Gasteiger partial charge in [0.2, 0.25) is 5.91 Å². The Hall–Kier alpha value is -1.10. The number of halogens is 1. The molecule has 1 saturated heterocycles. The van der Waals surface area contributed by atoms with Gasteiger partial charge in [-0.2, -0.15) is 0 Å². The van der Waals surface area contributed by atoms with E-state index in [9.17, 15) is 9.90 Å². The largest absolute Gasteiger partial charge is 0.385 e. The van der Waals surface area contributed by atoms with Crippen LogP contribution in [-0.4, -0.2) is 24.1 Å². The highest BCUT2D eigenvalue weighted by molar-refractivity contribution is 6.30. The van der Waals surface area contributed by atoms with Crippen LogP contribution in [0.1, 0.15) is 44.6 Å². The molecule has 0 aromatic heterocycles. The van der Waals surface area contributed by atoms with Crippen LogP contribution >= 0.6 is 11.6 Å². The van der Waals surface area contributed by atoms with Gasteiger partial charge in [0.05, 0.1) is 5.60 Å². The van der Waals surface area contributed by atoms with Gasteiger partial charge in [0, 0.05) is 23.4 Å². The van der Waals surface area contributed by atoms with Crippen molar-refractivity contribution in [1.29, 1.82) is 0 Å². The average Bonchev–Trinajstić information content (AvgIpc) is 2.55. The summed E-state index contributed by atoms with van der Waals surface area (Å²) >= 11 is 6.13. The lowest BCUT2D eigenvalue weighted by atomic mass is 9.74. The molecule has 128 valence electrons. The first-order chi connectivity index (χ1) is 10.9. The molecule has 1 aliphatic heterocycles. The van der Waals surface area contributed by atoms with Crippen LogP contribution < -0.4 is 11.1 Å². The number of hydrogen-bond donors (Lipinski definition) is 3. The van der Waals surface area contributed by atoms with Crippen LogP contribution in [-0.2, 0) is 10.4 Å². The Labute approximate surface area is 143 Å². The number of carbonyl (C=O) groups is 1. The van der Waals surface area contributed by atoms with E-state index in [4.69, 9.17) is 17.3 Å². The van der Waals surface area contributed by atoms with E-state index >= 15 is 0 Å². The summed E-state index contributed by atoms with van der Waals surface area (Å²) in [5, 5.41) is 15.5. The van der Waals surface area contributed by atoms with Crippen LogP contribution in [0.2, 0.25) is 5.02 Å². The Morgan fingerprint density at radius 1 is 1.57 bits per heavy atom. The zero-order chi connectivity index (χ0) is 16.9. The van der Waals surface area contributed by atoms with Crippen LogP contribution in [0.25, 0.3) is 0 Å². The van der Waals surface area contributed by atoms with Crippen molar-refractivity contribution >= 4 is 17.5 Å². The highest BCUT2D eigenvalue weighted by Crippen LogP contribution is 2.39. The highest BCUT2D eigenvalue weighted by Gasteiger charge is 2.38. The molecule has 5 heteroatoms. The Kier molecular flexibility index (Phi) is 6.45. The normalized spacial score (nSPS) is 22.3. The van der Waals surface area contributed by atoms with Gasteiger partial charge in [-0.05, 0) is 56.3 Å². The second kappa shape index (κ2) is 8.13. The molecule has 2 rings (SSSR count). The summed E-state index contributed by atoms with van der Waals surface area (Å²) < 4.78 is 0. The molecule has 4 nitrogen and oxygen atoms in total. The summed E-state index contributed by atoms with van der Waals surface area (Å²) in [7, 11) is 0. The maximum Gasteiger partial charge on any atom is 0.220 e. The van der Waals surface area contributed by atoms with Crippen molar-refractivity contribution in [2.24, 2.45) is 17.6 Å². The average molecular weight is 339 g/mol. The van der Waals surface area contributed by atoms with Gasteiger partial charge in [0.25, 0.3) is 0 Å². The van der Waals surface area contributed by atoms with E-state index in [1.165, 1.54) is 0 Å². The van der Waals surface area contributed by atoms with Gasteiger partial charge in [-0.15, -0.1) is 0 Å². The van der Waals surface area contributed by atoms with Crippen molar-refractivity contribution in [3.63, 3.8) is 0 Å². The number of nitrogens with one attached hydrogen (secondary N) is 1. The van der Waals surface area contributed by atoms with E-state index in [0.717, 1.165) is 37.9 Å². The second-order valence-corrected chi connectivity index (χ2v) is 7.11. The molecule has 1 aromatic rings. The lowest BCUT2D eigenvalue weighted by molar-refractivity contribution is -0.121. The number of piperidine rings is 1. The molecule has 1 unspecified atom stereocenters. The molecule has 4 N–H and O–H groups in total. The van der Waals surface area contributed by atoms with E-state index in [1.807, 2.05) is 31.2 Å². The van der Waals surface area contributed by atoms with E-state index in [2.05, 4.69) is 5.32 Å². The lowest BCUT2D eigenvalue weighted by Gasteiger charge is -2.39. The highest BCUT2D eigenvalue weighted by atomic mass is 35.5. The molecule has 0 saturated carbocycles. The third kappa shape index (κ3) is 4.69. The molecule has 1 heterocycles. The Bertz CT molecular complexity index is 532. The number of aliphatic hydroxyl groups is 1. The Balaban J connectivity index is 2.15. The van der Waals surface area contributed by atoms with Crippen molar-refractivity contribution in [3.8, 4) is 0 Å². The van der Waals surface area contributed by atoms with Crippen LogP contribution in [0.4, 0.5) is 0 Å². The first-order valence-corrected chi connectivity index (χ1v) is 8.79. The minimum absolute atomic E-state index is 0.151. The molecule has 1 fully saturated rings. The first-order valence-electron chi connectivity index (χ1n) is 8.42. The van der Waals surface area contributed by atoms with E-state index in [0.29, 0.717) is 17.9 Å². The summed E-state index contributed by atoms with van der Waals surface area (Å²) in [6.45, 7) is 3.64. The Morgan fingerprint density at radius 3 is 2.96 bits per heavy atom. The minimum atomic E-state index is -0.921. The zero-order valence-electron chi connectivity index (χ0n) is 13.7. The maximum atomic E-state index is 11.5. The fraction of sp³-hybridized carbons (Fsp3) is 0.611. The quantitative estimate of drug-likeness (QED) is 0.715. The molecule has 3 atom stereocenters. The first kappa shape index (κ1) is 18.2. The van der Waals surface area contributed by atoms with Crippen molar-refractivity contribution in [2.75, 3.05) is 13.1 Å². The fourth-order valence-electron chi connectivity index (χ4n) is 3.42. The molecule has 1 aromatic carbocycles. The number of hydrogen-bond acceptors (Lipinski definition) is 3. The van der Waals surface area contributed by atoms with Gasteiger partial charge < -0.3 is 16.2 Å². The second-order valence-electron chi connectivity index (χ2n) is 6.67. The van der Waals surface area contributed by atoms with Gasteiger partial charge >= 0.3 is 0 Å². The summed E-state index contributed by atoms with van der Waals surface area (Å²) in [5.41, 5.74) is 5.28. The number of nitrogens with two attached hydrogens (primary N) is 1. The maximum absolute atomic E-state index is 11.5. The number of primary amides is 1. The van der Waals surface area contributed by atoms with Crippen LogP contribution in [0.5, 0.6) is 0 Å². The molecule has 0 radical (unpaired) electrons. The summed E-state index contributed by atoms with van der Waals surface area (Å²) in [6, 6.07) is 7.50. The fourth-order valence-corrected chi connectivity index (χ4v) is 3.61. The number of benzene rings is 1. The molecule has 0 aliphatic carbocycles. The van der Waals surface area contributed by atoms with Crippen LogP contribution in [0, 0.1) is 11.8 Å². The monoisotopic (exact) mass is 338 g/mol. The summed E-state index contributed by atoms with van der Waals surface area (Å²) in [6.07, 6.45) is 4.10. The number of rotatable bonds is 7. The third-order valence-corrected chi connectivity index (χ3v) is 5.21.